The molecule has 0 bridgehead atoms. The molecule has 1 aromatic carbocycles. The maximum Gasteiger partial charge on any atom is 0.330 e. The first-order valence-corrected chi connectivity index (χ1v) is 6.78. The highest BCUT2D eigenvalue weighted by Crippen LogP contribution is 2.35. The third-order valence-corrected chi connectivity index (χ3v) is 3.21. The highest BCUT2D eigenvalue weighted by molar-refractivity contribution is 5.93. The molecule has 0 radical (unpaired) electrons. The lowest BCUT2D eigenvalue weighted by Gasteiger charge is -2.02. The SMILES string of the molecule is C=CCc1ccc2oc(/C=C/C(=O)OCC)c(C)c2c1O. The molecule has 0 spiro atoms. The van der Waals surface area contributed by atoms with Gasteiger partial charge in [0.05, 0.1) is 12.0 Å². The van der Waals surface area contributed by atoms with Crippen molar-refractivity contribution in [2.45, 2.75) is 20.3 Å². The van der Waals surface area contributed by atoms with E-state index in [0.717, 1.165) is 11.1 Å². The van der Waals surface area contributed by atoms with Crippen LogP contribution in [0.3, 0.4) is 0 Å². The van der Waals surface area contributed by atoms with Gasteiger partial charge in [0.1, 0.15) is 17.1 Å². The lowest BCUT2D eigenvalue weighted by Crippen LogP contribution is -1.98. The second-order valence-electron chi connectivity index (χ2n) is 4.62. The smallest absolute Gasteiger partial charge is 0.330 e. The molecule has 21 heavy (non-hydrogen) atoms. The first kappa shape index (κ1) is 14.9. The Morgan fingerprint density at radius 3 is 2.90 bits per heavy atom. The molecule has 0 aliphatic carbocycles. The summed E-state index contributed by atoms with van der Waals surface area (Å²) in [4.78, 5) is 11.3. The van der Waals surface area contributed by atoms with Crippen LogP contribution in [0, 0.1) is 6.92 Å². The van der Waals surface area contributed by atoms with Gasteiger partial charge in [0.25, 0.3) is 0 Å². The van der Waals surface area contributed by atoms with Crippen molar-refractivity contribution in [2.75, 3.05) is 6.61 Å². The van der Waals surface area contributed by atoms with Crippen molar-refractivity contribution < 1.29 is 19.1 Å². The molecule has 0 aliphatic heterocycles. The van der Waals surface area contributed by atoms with E-state index in [1.54, 1.807) is 25.1 Å². The van der Waals surface area contributed by atoms with Crippen LogP contribution >= 0.6 is 0 Å². The van der Waals surface area contributed by atoms with E-state index in [2.05, 4.69) is 6.58 Å². The third-order valence-electron chi connectivity index (χ3n) is 3.21. The maximum atomic E-state index is 11.3. The van der Waals surface area contributed by atoms with Crippen LogP contribution in [0.15, 0.2) is 35.3 Å². The quantitative estimate of drug-likeness (QED) is 0.516. The number of ether oxygens (including phenoxy) is 1. The van der Waals surface area contributed by atoms with Gasteiger partial charge in [0.2, 0.25) is 0 Å². The zero-order valence-corrected chi connectivity index (χ0v) is 12.2. The van der Waals surface area contributed by atoms with E-state index in [1.807, 2.05) is 13.0 Å². The Hall–Kier alpha value is -2.49. The molecule has 2 aromatic rings. The Balaban J connectivity index is 2.44. The van der Waals surface area contributed by atoms with E-state index in [1.165, 1.54) is 6.08 Å². The van der Waals surface area contributed by atoms with Crippen LogP contribution in [-0.2, 0) is 16.0 Å². The van der Waals surface area contributed by atoms with E-state index >= 15 is 0 Å². The number of phenols is 1. The largest absolute Gasteiger partial charge is 0.507 e. The third kappa shape index (κ3) is 2.99. The number of hydrogen-bond acceptors (Lipinski definition) is 4. The first-order chi connectivity index (χ1) is 10.1. The molecule has 1 heterocycles. The molecule has 1 N–H and O–H groups in total. The number of esters is 1. The molecule has 0 saturated heterocycles. The fourth-order valence-electron chi connectivity index (χ4n) is 2.19. The lowest BCUT2D eigenvalue weighted by molar-refractivity contribution is -0.137. The minimum Gasteiger partial charge on any atom is -0.507 e. The summed E-state index contributed by atoms with van der Waals surface area (Å²) in [7, 11) is 0. The summed E-state index contributed by atoms with van der Waals surface area (Å²) in [5, 5.41) is 11.0. The van der Waals surface area contributed by atoms with Crippen molar-refractivity contribution in [1.29, 1.82) is 0 Å². The molecule has 2 rings (SSSR count). The van der Waals surface area contributed by atoms with Crippen LogP contribution in [0.4, 0.5) is 0 Å². The van der Waals surface area contributed by atoms with E-state index in [9.17, 15) is 9.90 Å². The fourth-order valence-corrected chi connectivity index (χ4v) is 2.19. The molecular formula is C17H18O4. The number of aromatic hydroxyl groups is 1. The number of aryl methyl sites for hydroxylation is 1. The summed E-state index contributed by atoms with van der Waals surface area (Å²) in [5.41, 5.74) is 2.16. The minimum atomic E-state index is -0.422. The van der Waals surface area contributed by atoms with Crippen LogP contribution in [0.5, 0.6) is 5.75 Å². The molecule has 1 aromatic heterocycles. The van der Waals surface area contributed by atoms with Gasteiger partial charge in [-0.2, -0.15) is 0 Å². The van der Waals surface area contributed by atoms with Crippen molar-refractivity contribution in [3.63, 3.8) is 0 Å². The van der Waals surface area contributed by atoms with Crippen LogP contribution in [0.25, 0.3) is 17.0 Å². The molecule has 0 unspecified atom stereocenters. The van der Waals surface area contributed by atoms with Gasteiger partial charge in [0.15, 0.2) is 0 Å². The number of hydrogen-bond donors (Lipinski definition) is 1. The van der Waals surface area contributed by atoms with Crippen molar-refractivity contribution in [2.24, 2.45) is 0 Å². The zero-order valence-electron chi connectivity index (χ0n) is 12.2. The van der Waals surface area contributed by atoms with Crippen LogP contribution < -0.4 is 0 Å². The summed E-state index contributed by atoms with van der Waals surface area (Å²) in [6.45, 7) is 7.59. The van der Waals surface area contributed by atoms with Gasteiger partial charge in [-0.3, -0.25) is 0 Å². The normalized spacial score (nSPS) is 11.1. The number of carbonyl (C=O) groups is 1. The number of benzene rings is 1. The number of rotatable bonds is 5. The summed E-state index contributed by atoms with van der Waals surface area (Å²) in [6, 6.07) is 3.61. The average Bonchev–Trinajstić information content (AvgIpc) is 2.77. The topological polar surface area (TPSA) is 59.7 Å². The molecule has 0 amide bonds. The number of allylic oxidation sites excluding steroid dienone is 1. The van der Waals surface area contributed by atoms with Gasteiger partial charge in [-0.1, -0.05) is 12.1 Å². The predicted molar refractivity (Wildman–Crippen MR) is 82.2 cm³/mol. The Morgan fingerprint density at radius 1 is 1.48 bits per heavy atom. The highest BCUT2D eigenvalue weighted by atomic mass is 16.5. The van der Waals surface area contributed by atoms with E-state index in [0.29, 0.717) is 29.8 Å². The maximum absolute atomic E-state index is 11.3. The number of phenolic OH excluding ortho intramolecular Hbond substituents is 1. The second-order valence-corrected chi connectivity index (χ2v) is 4.62. The summed E-state index contributed by atoms with van der Waals surface area (Å²) >= 11 is 0. The van der Waals surface area contributed by atoms with E-state index < -0.39 is 5.97 Å². The number of fused-ring (bicyclic) bond motifs is 1. The minimum absolute atomic E-state index is 0.199. The van der Waals surface area contributed by atoms with Gasteiger partial charge in [0, 0.05) is 11.6 Å². The molecule has 0 aliphatic rings. The fraction of sp³-hybridized carbons (Fsp3) is 0.235. The van der Waals surface area contributed by atoms with Gasteiger partial charge in [-0.15, -0.1) is 6.58 Å². The van der Waals surface area contributed by atoms with Gasteiger partial charge < -0.3 is 14.3 Å². The highest BCUT2D eigenvalue weighted by Gasteiger charge is 2.15. The summed E-state index contributed by atoms with van der Waals surface area (Å²) in [5.74, 6) is 0.308. The summed E-state index contributed by atoms with van der Waals surface area (Å²) < 4.78 is 10.5. The average molecular weight is 286 g/mol. The lowest BCUT2D eigenvalue weighted by atomic mass is 10.0. The number of carbonyl (C=O) groups excluding carboxylic acids is 1. The molecular weight excluding hydrogens is 268 g/mol. The Bertz CT molecular complexity index is 707. The Kier molecular flexibility index (Phi) is 4.48. The van der Waals surface area contributed by atoms with Crippen molar-refractivity contribution in [3.8, 4) is 5.75 Å². The van der Waals surface area contributed by atoms with Gasteiger partial charge in [-0.25, -0.2) is 4.79 Å². The van der Waals surface area contributed by atoms with Crippen LogP contribution in [0.1, 0.15) is 23.8 Å². The second kappa shape index (κ2) is 6.31. The molecule has 110 valence electrons. The standard InChI is InChI=1S/C17H18O4/c1-4-6-12-7-8-14-16(17(12)19)11(3)13(21-14)9-10-15(18)20-5-2/h4,7-10,19H,1,5-6H2,2-3H3/b10-9+. The molecule has 0 saturated carbocycles. The Labute approximate surface area is 123 Å². The molecule has 0 atom stereocenters. The summed E-state index contributed by atoms with van der Waals surface area (Å²) in [6.07, 6.45) is 5.19. The number of furan rings is 1. The van der Waals surface area contributed by atoms with E-state index in [-0.39, 0.29) is 5.75 Å². The van der Waals surface area contributed by atoms with Gasteiger partial charge >= 0.3 is 5.97 Å². The Morgan fingerprint density at radius 2 is 2.24 bits per heavy atom. The molecule has 4 heteroatoms. The first-order valence-electron chi connectivity index (χ1n) is 6.78. The predicted octanol–water partition coefficient (Wildman–Crippen LogP) is 3.75. The van der Waals surface area contributed by atoms with E-state index in [4.69, 9.17) is 9.15 Å². The molecule has 4 nitrogen and oxygen atoms in total. The molecule has 0 fully saturated rings. The van der Waals surface area contributed by atoms with Crippen LogP contribution in [-0.4, -0.2) is 17.7 Å². The monoisotopic (exact) mass is 286 g/mol. The van der Waals surface area contributed by atoms with Crippen LogP contribution in [0.2, 0.25) is 0 Å². The van der Waals surface area contributed by atoms with Crippen molar-refractivity contribution >= 4 is 23.0 Å². The zero-order chi connectivity index (χ0) is 15.4. The van der Waals surface area contributed by atoms with Crippen molar-refractivity contribution in [3.05, 3.63) is 47.8 Å². The van der Waals surface area contributed by atoms with Crippen molar-refractivity contribution in [1.82, 2.24) is 0 Å². The van der Waals surface area contributed by atoms with Gasteiger partial charge in [-0.05, 0) is 38.0 Å².